The molecule has 2 N–H and O–H groups in total. The molecular formula is C27H24N2O5. The lowest BCUT2D eigenvalue weighted by Gasteiger charge is -2.24. The van der Waals surface area contributed by atoms with Gasteiger partial charge in [0.2, 0.25) is 5.91 Å². The van der Waals surface area contributed by atoms with Crippen molar-refractivity contribution >= 4 is 23.7 Å². The molecule has 5 rings (SSSR count). The Morgan fingerprint density at radius 1 is 0.941 bits per heavy atom. The second kappa shape index (κ2) is 9.02. The first-order valence-corrected chi connectivity index (χ1v) is 11.3. The van der Waals surface area contributed by atoms with Gasteiger partial charge in [0, 0.05) is 18.2 Å². The molecule has 7 heteroatoms. The minimum absolute atomic E-state index is 0.0837. The highest BCUT2D eigenvalue weighted by atomic mass is 16.5. The van der Waals surface area contributed by atoms with Crippen molar-refractivity contribution in [1.29, 1.82) is 0 Å². The fraction of sp³-hybridized carbons (Fsp3) is 0.222. The molecule has 0 saturated heterocycles. The van der Waals surface area contributed by atoms with Crippen molar-refractivity contribution in [2.45, 2.75) is 24.8 Å². The predicted molar refractivity (Wildman–Crippen MR) is 127 cm³/mol. The van der Waals surface area contributed by atoms with Crippen LogP contribution in [0.4, 0.5) is 10.5 Å². The fourth-order valence-electron chi connectivity index (χ4n) is 4.91. The zero-order valence-electron chi connectivity index (χ0n) is 18.4. The van der Waals surface area contributed by atoms with Gasteiger partial charge in [-0.1, -0.05) is 66.7 Å². The van der Waals surface area contributed by atoms with Crippen molar-refractivity contribution in [3.05, 3.63) is 89.5 Å². The van der Waals surface area contributed by atoms with Gasteiger partial charge in [0.05, 0.1) is 6.42 Å². The summed E-state index contributed by atoms with van der Waals surface area (Å²) in [5.41, 5.74) is 6.13. The first-order chi connectivity index (χ1) is 16.5. The Kier molecular flexibility index (Phi) is 5.76. The number of carbonyl (C=O) groups is 3. The van der Waals surface area contributed by atoms with Crippen LogP contribution in [0.5, 0.6) is 0 Å². The molecule has 172 valence electrons. The number of amides is 2. The van der Waals surface area contributed by atoms with E-state index in [2.05, 4.69) is 5.32 Å². The Morgan fingerprint density at radius 3 is 2.24 bits per heavy atom. The number of fused-ring (bicyclic) bond motifs is 4. The maximum absolute atomic E-state index is 13.2. The Hall–Kier alpha value is -4.13. The molecule has 1 aliphatic carbocycles. The molecule has 1 unspecified atom stereocenters. The van der Waals surface area contributed by atoms with Gasteiger partial charge < -0.3 is 20.1 Å². The molecule has 2 aliphatic rings. The number of carboxylic acids is 1. The summed E-state index contributed by atoms with van der Waals surface area (Å²) in [6.45, 7) is 0.529. The van der Waals surface area contributed by atoms with Crippen LogP contribution in [0, 0.1) is 0 Å². The molecule has 0 spiro atoms. The molecule has 2 amide bonds. The highest BCUT2D eigenvalue weighted by Crippen LogP contribution is 2.44. The van der Waals surface area contributed by atoms with Crippen LogP contribution in [-0.2, 0) is 20.7 Å². The van der Waals surface area contributed by atoms with E-state index in [4.69, 9.17) is 4.74 Å². The SMILES string of the molecule is O=C(O)CC(NC(=O)OCC1c2ccccc2-c2ccccc21)C(=O)N1CCc2ccccc21. The first kappa shape index (κ1) is 21.7. The number of benzene rings is 3. The maximum atomic E-state index is 13.2. The summed E-state index contributed by atoms with van der Waals surface area (Å²) in [5.74, 6) is -1.76. The molecule has 7 nitrogen and oxygen atoms in total. The number of nitrogens with zero attached hydrogens (tertiary/aromatic N) is 1. The molecule has 1 atom stereocenters. The van der Waals surface area contributed by atoms with Gasteiger partial charge in [-0.3, -0.25) is 9.59 Å². The van der Waals surface area contributed by atoms with E-state index in [1.54, 1.807) is 0 Å². The third-order valence-electron chi connectivity index (χ3n) is 6.47. The van der Waals surface area contributed by atoms with E-state index in [1.807, 2.05) is 72.8 Å². The van der Waals surface area contributed by atoms with Crippen molar-refractivity contribution < 1.29 is 24.2 Å². The van der Waals surface area contributed by atoms with Crippen LogP contribution in [0.15, 0.2) is 72.8 Å². The number of carbonyl (C=O) groups excluding carboxylic acids is 2. The van der Waals surface area contributed by atoms with Crippen molar-refractivity contribution in [2.24, 2.45) is 0 Å². The second-order valence-corrected chi connectivity index (χ2v) is 8.49. The van der Waals surface area contributed by atoms with Crippen LogP contribution < -0.4 is 10.2 Å². The second-order valence-electron chi connectivity index (χ2n) is 8.49. The number of nitrogens with one attached hydrogen (secondary N) is 1. The molecule has 0 bridgehead atoms. The van der Waals surface area contributed by atoms with Crippen LogP contribution >= 0.6 is 0 Å². The van der Waals surface area contributed by atoms with Crippen molar-refractivity contribution in [3.63, 3.8) is 0 Å². The van der Waals surface area contributed by atoms with Gasteiger partial charge in [-0.15, -0.1) is 0 Å². The number of carboxylic acid groups (broad SMARTS) is 1. The lowest BCUT2D eigenvalue weighted by Crippen LogP contribution is -2.49. The van der Waals surface area contributed by atoms with Crippen LogP contribution in [-0.4, -0.2) is 42.3 Å². The third-order valence-corrected chi connectivity index (χ3v) is 6.47. The lowest BCUT2D eigenvalue weighted by molar-refractivity contribution is -0.139. The smallest absolute Gasteiger partial charge is 0.407 e. The first-order valence-electron chi connectivity index (χ1n) is 11.3. The topological polar surface area (TPSA) is 95.9 Å². The number of anilines is 1. The largest absolute Gasteiger partial charge is 0.481 e. The normalized spacial score (nSPS) is 14.6. The highest BCUT2D eigenvalue weighted by Gasteiger charge is 2.34. The monoisotopic (exact) mass is 456 g/mol. The highest BCUT2D eigenvalue weighted by molar-refractivity contribution is 6.01. The zero-order chi connectivity index (χ0) is 23.7. The van der Waals surface area contributed by atoms with E-state index in [1.165, 1.54) is 4.90 Å². The van der Waals surface area contributed by atoms with Crippen LogP contribution in [0.25, 0.3) is 11.1 Å². The van der Waals surface area contributed by atoms with E-state index in [0.29, 0.717) is 13.0 Å². The molecule has 0 radical (unpaired) electrons. The predicted octanol–water partition coefficient (Wildman–Crippen LogP) is 3.96. The minimum Gasteiger partial charge on any atom is -0.481 e. The van der Waals surface area contributed by atoms with Crippen molar-refractivity contribution in [1.82, 2.24) is 5.32 Å². The molecule has 1 aliphatic heterocycles. The van der Waals surface area contributed by atoms with Crippen LogP contribution in [0.1, 0.15) is 29.0 Å². The molecule has 3 aromatic rings. The fourth-order valence-corrected chi connectivity index (χ4v) is 4.91. The average Bonchev–Trinajstić information content (AvgIpc) is 3.41. The van der Waals surface area contributed by atoms with E-state index in [-0.39, 0.29) is 12.5 Å². The Bertz CT molecular complexity index is 1230. The summed E-state index contributed by atoms with van der Waals surface area (Å²) in [6, 6.07) is 22.2. The Labute approximate surface area is 197 Å². The number of hydrogen-bond acceptors (Lipinski definition) is 4. The molecular weight excluding hydrogens is 432 g/mol. The van der Waals surface area contributed by atoms with Crippen LogP contribution in [0.3, 0.4) is 0 Å². The number of hydrogen-bond donors (Lipinski definition) is 2. The number of alkyl carbamates (subject to hydrolysis) is 1. The molecule has 0 fully saturated rings. The standard InChI is InChI=1S/C27H24N2O5/c30-25(31)15-23(26(32)29-14-13-17-7-1-6-12-24(17)29)28-27(33)34-16-22-20-10-4-2-8-18(20)19-9-3-5-11-21(19)22/h1-12,22-23H,13-16H2,(H,28,33)(H,30,31). The summed E-state index contributed by atoms with van der Waals surface area (Å²) in [5, 5.41) is 11.8. The molecule has 34 heavy (non-hydrogen) atoms. The van der Waals surface area contributed by atoms with E-state index in [0.717, 1.165) is 33.5 Å². The molecule has 0 saturated carbocycles. The minimum atomic E-state index is -1.22. The maximum Gasteiger partial charge on any atom is 0.407 e. The lowest BCUT2D eigenvalue weighted by atomic mass is 9.98. The summed E-state index contributed by atoms with van der Waals surface area (Å²) in [7, 11) is 0. The van der Waals surface area contributed by atoms with Gasteiger partial charge >= 0.3 is 12.1 Å². The number of ether oxygens (including phenoxy) is 1. The quantitative estimate of drug-likeness (QED) is 0.585. The van der Waals surface area contributed by atoms with Crippen molar-refractivity contribution in [3.8, 4) is 11.1 Å². The van der Waals surface area contributed by atoms with Gasteiger partial charge in [-0.25, -0.2) is 4.79 Å². The number of rotatable bonds is 6. The van der Waals surface area contributed by atoms with Gasteiger partial charge in [0.15, 0.2) is 0 Å². The molecule has 1 heterocycles. The van der Waals surface area contributed by atoms with Crippen LogP contribution in [0.2, 0.25) is 0 Å². The van der Waals surface area contributed by atoms with Gasteiger partial charge in [-0.2, -0.15) is 0 Å². The Balaban J connectivity index is 1.29. The summed E-state index contributed by atoms with van der Waals surface area (Å²) >= 11 is 0. The Morgan fingerprint density at radius 2 is 1.56 bits per heavy atom. The molecule has 3 aromatic carbocycles. The van der Waals surface area contributed by atoms with Gasteiger partial charge in [0.1, 0.15) is 12.6 Å². The van der Waals surface area contributed by atoms with E-state index in [9.17, 15) is 19.5 Å². The summed E-state index contributed by atoms with van der Waals surface area (Å²) in [4.78, 5) is 38.8. The number of para-hydroxylation sites is 1. The summed E-state index contributed by atoms with van der Waals surface area (Å²) < 4.78 is 5.52. The zero-order valence-corrected chi connectivity index (χ0v) is 18.4. The average molecular weight is 456 g/mol. The van der Waals surface area contributed by atoms with E-state index < -0.39 is 30.4 Å². The summed E-state index contributed by atoms with van der Waals surface area (Å²) in [6.07, 6.45) is -0.650. The van der Waals surface area contributed by atoms with E-state index >= 15 is 0 Å². The van der Waals surface area contributed by atoms with Gasteiger partial charge in [-0.05, 0) is 40.3 Å². The van der Waals surface area contributed by atoms with Crippen molar-refractivity contribution in [2.75, 3.05) is 18.1 Å². The van der Waals surface area contributed by atoms with Gasteiger partial charge in [0.25, 0.3) is 0 Å². The molecule has 0 aromatic heterocycles. The third kappa shape index (κ3) is 4.01. The number of aliphatic carboxylic acids is 1.